The molecule has 1 heteroatoms. The van der Waals surface area contributed by atoms with Gasteiger partial charge in [0.2, 0.25) is 0 Å². The number of hydrogen-bond donors (Lipinski definition) is 0. The molecule has 0 aliphatic heterocycles. The van der Waals surface area contributed by atoms with Crippen molar-refractivity contribution in [3.8, 4) is 0 Å². The summed E-state index contributed by atoms with van der Waals surface area (Å²) in [6.07, 6.45) is 6.66. The molecule has 0 unspecified atom stereocenters. The minimum atomic E-state index is 0.750. The third-order valence-corrected chi connectivity index (χ3v) is 1.83. The standard InChI is InChI=1S/C12H24O/c1-11(2)7-5-6-9-13-10-8-12(3)4/h5-6,11-12H,7-10H2,1-4H3/b6-5-. The van der Waals surface area contributed by atoms with Crippen molar-refractivity contribution in [3.05, 3.63) is 12.2 Å². The summed E-state index contributed by atoms with van der Waals surface area (Å²) >= 11 is 0. The first-order chi connectivity index (χ1) is 6.13. The lowest BCUT2D eigenvalue weighted by atomic mass is 10.1. The van der Waals surface area contributed by atoms with E-state index in [1.165, 1.54) is 0 Å². The second-order valence-corrected chi connectivity index (χ2v) is 4.36. The van der Waals surface area contributed by atoms with Crippen LogP contribution in [0.2, 0.25) is 0 Å². The lowest BCUT2D eigenvalue weighted by Gasteiger charge is -2.03. The fourth-order valence-corrected chi connectivity index (χ4v) is 0.907. The molecule has 0 aliphatic rings. The second kappa shape index (κ2) is 8.31. The molecule has 0 radical (unpaired) electrons. The van der Waals surface area contributed by atoms with Crippen molar-refractivity contribution in [2.45, 2.75) is 40.5 Å². The minimum Gasteiger partial charge on any atom is -0.377 e. The lowest BCUT2D eigenvalue weighted by Crippen LogP contribution is -1.98. The van der Waals surface area contributed by atoms with E-state index in [0.29, 0.717) is 0 Å². The molecule has 0 saturated carbocycles. The molecule has 0 fully saturated rings. The average molecular weight is 184 g/mol. The van der Waals surface area contributed by atoms with E-state index in [-0.39, 0.29) is 0 Å². The third kappa shape index (κ3) is 11.7. The Bertz CT molecular complexity index is 125. The van der Waals surface area contributed by atoms with E-state index in [1.54, 1.807) is 0 Å². The topological polar surface area (TPSA) is 9.23 Å². The highest BCUT2D eigenvalue weighted by atomic mass is 16.5. The Kier molecular flexibility index (Phi) is 8.11. The molecule has 13 heavy (non-hydrogen) atoms. The Balaban J connectivity index is 3.11. The fraction of sp³-hybridized carbons (Fsp3) is 0.833. The number of ether oxygens (including phenoxy) is 1. The molecule has 0 amide bonds. The summed E-state index contributed by atoms with van der Waals surface area (Å²) in [7, 11) is 0. The highest BCUT2D eigenvalue weighted by Gasteiger charge is 1.92. The van der Waals surface area contributed by atoms with Gasteiger partial charge in [-0.25, -0.2) is 0 Å². The minimum absolute atomic E-state index is 0.750. The molecule has 0 atom stereocenters. The molecule has 0 saturated heterocycles. The molecule has 0 rings (SSSR count). The first-order valence-electron chi connectivity index (χ1n) is 5.35. The maximum absolute atomic E-state index is 5.44. The molecule has 1 nitrogen and oxygen atoms in total. The van der Waals surface area contributed by atoms with Gasteiger partial charge in [-0.05, 0) is 24.7 Å². The van der Waals surface area contributed by atoms with Gasteiger partial charge in [0.1, 0.15) is 0 Å². The maximum atomic E-state index is 5.44. The lowest BCUT2D eigenvalue weighted by molar-refractivity contribution is 0.149. The molecule has 0 bridgehead atoms. The smallest absolute Gasteiger partial charge is 0.0647 e. The van der Waals surface area contributed by atoms with Gasteiger partial charge in [-0.1, -0.05) is 39.8 Å². The molecule has 0 N–H and O–H groups in total. The maximum Gasteiger partial charge on any atom is 0.0647 e. The van der Waals surface area contributed by atoms with Gasteiger partial charge in [0, 0.05) is 6.61 Å². The van der Waals surface area contributed by atoms with Crippen LogP contribution in [0.1, 0.15) is 40.5 Å². The van der Waals surface area contributed by atoms with Gasteiger partial charge in [-0.3, -0.25) is 0 Å². The quantitative estimate of drug-likeness (QED) is 0.433. The summed E-state index contributed by atoms with van der Waals surface area (Å²) in [5.74, 6) is 1.51. The van der Waals surface area contributed by atoms with Crippen molar-refractivity contribution >= 4 is 0 Å². The predicted molar refractivity (Wildman–Crippen MR) is 58.9 cm³/mol. The Morgan fingerprint density at radius 3 is 2.23 bits per heavy atom. The number of allylic oxidation sites excluding steroid dienone is 1. The summed E-state index contributed by atoms with van der Waals surface area (Å²) in [5, 5.41) is 0. The number of rotatable bonds is 7. The molecule has 0 aromatic carbocycles. The molecular formula is C12H24O. The predicted octanol–water partition coefficient (Wildman–Crippen LogP) is 3.65. The molecule has 0 aromatic heterocycles. The van der Waals surface area contributed by atoms with E-state index >= 15 is 0 Å². The van der Waals surface area contributed by atoms with Crippen molar-refractivity contribution in [1.29, 1.82) is 0 Å². The van der Waals surface area contributed by atoms with Crippen LogP contribution in [0.4, 0.5) is 0 Å². The zero-order valence-corrected chi connectivity index (χ0v) is 9.55. The average Bonchev–Trinajstić information content (AvgIpc) is 2.01. The zero-order valence-electron chi connectivity index (χ0n) is 9.55. The Labute approximate surface area is 83.2 Å². The van der Waals surface area contributed by atoms with Crippen molar-refractivity contribution in [3.63, 3.8) is 0 Å². The SMILES string of the molecule is CC(C)C/C=C\COCCC(C)C. The van der Waals surface area contributed by atoms with E-state index < -0.39 is 0 Å². The number of hydrogen-bond acceptors (Lipinski definition) is 1. The van der Waals surface area contributed by atoms with Gasteiger partial charge in [0.05, 0.1) is 6.61 Å². The normalized spacial score (nSPS) is 12.2. The van der Waals surface area contributed by atoms with E-state index in [0.717, 1.165) is 37.9 Å². The van der Waals surface area contributed by atoms with Crippen LogP contribution >= 0.6 is 0 Å². The highest BCUT2D eigenvalue weighted by Crippen LogP contribution is 2.00. The van der Waals surface area contributed by atoms with Crippen LogP contribution in [0.3, 0.4) is 0 Å². The van der Waals surface area contributed by atoms with Crippen LogP contribution in [0.5, 0.6) is 0 Å². The van der Waals surface area contributed by atoms with Crippen LogP contribution in [0.25, 0.3) is 0 Å². The molecule has 0 aliphatic carbocycles. The van der Waals surface area contributed by atoms with Gasteiger partial charge in [-0.2, -0.15) is 0 Å². The second-order valence-electron chi connectivity index (χ2n) is 4.36. The largest absolute Gasteiger partial charge is 0.377 e. The first-order valence-corrected chi connectivity index (χ1v) is 5.35. The highest BCUT2D eigenvalue weighted by molar-refractivity contribution is 4.82. The Morgan fingerprint density at radius 1 is 1.00 bits per heavy atom. The van der Waals surface area contributed by atoms with E-state index in [4.69, 9.17) is 4.74 Å². The summed E-state index contributed by atoms with van der Waals surface area (Å²) in [4.78, 5) is 0. The summed E-state index contributed by atoms with van der Waals surface area (Å²) in [6.45, 7) is 10.6. The van der Waals surface area contributed by atoms with E-state index in [9.17, 15) is 0 Å². The molecule has 0 spiro atoms. The summed E-state index contributed by atoms with van der Waals surface area (Å²) in [6, 6.07) is 0. The first kappa shape index (κ1) is 12.7. The fourth-order valence-electron chi connectivity index (χ4n) is 0.907. The summed E-state index contributed by atoms with van der Waals surface area (Å²) in [5.41, 5.74) is 0. The van der Waals surface area contributed by atoms with Crippen molar-refractivity contribution in [2.24, 2.45) is 11.8 Å². The van der Waals surface area contributed by atoms with Crippen LogP contribution < -0.4 is 0 Å². The molecular weight excluding hydrogens is 160 g/mol. The molecule has 0 heterocycles. The monoisotopic (exact) mass is 184 g/mol. The van der Waals surface area contributed by atoms with Crippen LogP contribution in [0.15, 0.2) is 12.2 Å². The summed E-state index contributed by atoms with van der Waals surface area (Å²) < 4.78 is 5.44. The van der Waals surface area contributed by atoms with Crippen LogP contribution in [0, 0.1) is 11.8 Å². The van der Waals surface area contributed by atoms with Gasteiger partial charge < -0.3 is 4.74 Å². The van der Waals surface area contributed by atoms with Gasteiger partial charge in [0.25, 0.3) is 0 Å². The van der Waals surface area contributed by atoms with E-state index in [2.05, 4.69) is 39.8 Å². The van der Waals surface area contributed by atoms with Crippen molar-refractivity contribution in [1.82, 2.24) is 0 Å². The van der Waals surface area contributed by atoms with Gasteiger partial charge in [0.15, 0.2) is 0 Å². The zero-order chi connectivity index (χ0) is 10.1. The Morgan fingerprint density at radius 2 is 1.69 bits per heavy atom. The third-order valence-electron chi connectivity index (χ3n) is 1.83. The van der Waals surface area contributed by atoms with Crippen molar-refractivity contribution < 1.29 is 4.74 Å². The van der Waals surface area contributed by atoms with Gasteiger partial charge in [-0.15, -0.1) is 0 Å². The van der Waals surface area contributed by atoms with Crippen LogP contribution in [-0.2, 0) is 4.74 Å². The van der Waals surface area contributed by atoms with Crippen molar-refractivity contribution in [2.75, 3.05) is 13.2 Å². The molecule has 0 aromatic rings. The Hall–Kier alpha value is -0.300. The van der Waals surface area contributed by atoms with E-state index in [1.807, 2.05) is 0 Å². The molecule has 78 valence electrons. The van der Waals surface area contributed by atoms with Gasteiger partial charge >= 0.3 is 0 Å². The van der Waals surface area contributed by atoms with Crippen LogP contribution in [-0.4, -0.2) is 13.2 Å².